The van der Waals surface area contributed by atoms with Crippen LogP contribution in [0.2, 0.25) is 0 Å². The number of carbonyl (C=O) groups is 3. The van der Waals surface area contributed by atoms with Gasteiger partial charge >= 0.3 is 5.97 Å². The molecule has 6 N–H and O–H groups in total. The molecule has 1 saturated heterocycles. The lowest BCUT2D eigenvalue weighted by atomic mass is 10.0. The average Bonchev–Trinajstić information content (AvgIpc) is 3.40. The molecular weight excluding hydrogens is 390 g/mol. The summed E-state index contributed by atoms with van der Waals surface area (Å²) in [5.41, 5.74) is 7.42. The van der Waals surface area contributed by atoms with Crippen molar-refractivity contribution in [3.63, 3.8) is 0 Å². The Balaban J connectivity index is 1.71. The standard InChI is InChI=1S/C20H25N5O5/c21-15(8-12-3-5-14(26)6-4-12)18(27)24-16(9-13-10-22-11-23-13)19(28)25-7-1-2-17(25)20(29)30/h3-6,10-11,15-17,26H,1-2,7-9,21H2,(H,22,23)(H,24,27)(H,29,30)/t15-,16-,17+/m0/s1. The van der Waals surface area contributed by atoms with E-state index in [-0.39, 0.29) is 18.6 Å². The minimum atomic E-state index is -1.06. The van der Waals surface area contributed by atoms with Crippen molar-refractivity contribution in [2.75, 3.05) is 6.54 Å². The Kier molecular flexibility index (Phi) is 6.68. The van der Waals surface area contributed by atoms with Crippen LogP contribution in [-0.2, 0) is 27.2 Å². The Morgan fingerprint density at radius 1 is 1.27 bits per heavy atom. The summed E-state index contributed by atoms with van der Waals surface area (Å²) in [5, 5.41) is 21.4. The van der Waals surface area contributed by atoms with Crippen LogP contribution in [0, 0.1) is 0 Å². The van der Waals surface area contributed by atoms with Gasteiger partial charge in [0.1, 0.15) is 17.8 Å². The lowest BCUT2D eigenvalue weighted by Gasteiger charge is -2.28. The first-order valence-corrected chi connectivity index (χ1v) is 9.69. The van der Waals surface area contributed by atoms with Gasteiger partial charge in [0, 0.05) is 24.9 Å². The number of aromatic amines is 1. The largest absolute Gasteiger partial charge is 0.508 e. The number of hydrogen-bond donors (Lipinski definition) is 5. The second-order valence-corrected chi connectivity index (χ2v) is 7.35. The first kappa shape index (κ1) is 21.3. The van der Waals surface area contributed by atoms with Crippen molar-refractivity contribution in [1.82, 2.24) is 20.2 Å². The molecular formula is C20H25N5O5. The van der Waals surface area contributed by atoms with Crippen molar-refractivity contribution in [3.8, 4) is 5.75 Å². The number of amides is 2. The zero-order chi connectivity index (χ0) is 21.7. The molecule has 30 heavy (non-hydrogen) atoms. The molecule has 0 unspecified atom stereocenters. The molecule has 1 aliphatic heterocycles. The Bertz CT molecular complexity index is 884. The van der Waals surface area contributed by atoms with E-state index in [1.54, 1.807) is 18.3 Å². The number of phenols is 1. The number of benzene rings is 1. The number of carbonyl (C=O) groups excluding carboxylic acids is 2. The normalized spacial score (nSPS) is 18.0. The summed E-state index contributed by atoms with van der Waals surface area (Å²) in [4.78, 5) is 45.4. The first-order chi connectivity index (χ1) is 14.3. The number of imidazole rings is 1. The predicted octanol–water partition coefficient (Wildman–Crippen LogP) is -0.212. The number of H-pyrrole nitrogens is 1. The van der Waals surface area contributed by atoms with Gasteiger partial charge in [-0.2, -0.15) is 0 Å². The van der Waals surface area contributed by atoms with Gasteiger partial charge in [0.15, 0.2) is 0 Å². The van der Waals surface area contributed by atoms with Gasteiger partial charge in [-0.15, -0.1) is 0 Å². The molecule has 1 aliphatic rings. The Labute approximate surface area is 173 Å². The van der Waals surface area contributed by atoms with Crippen LogP contribution in [0.3, 0.4) is 0 Å². The van der Waals surface area contributed by atoms with Crippen LogP contribution < -0.4 is 11.1 Å². The number of rotatable bonds is 8. The minimum absolute atomic E-state index is 0.112. The van der Waals surface area contributed by atoms with Crippen LogP contribution in [0.4, 0.5) is 0 Å². The number of carboxylic acids is 1. The van der Waals surface area contributed by atoms with Crippen molar-refractivity contribution < 1.29 is 24.6 Å². The van der Waals surface area contributed by atoms with Crippen LogP contribution in [0.25, 0.3) is 0 Å². The van der Waals surface area contributed by atoms with Crippen molar-refractivity contribution in [2.45, 2.75) is 43.8 Å². The molecule has 0 aliphatic carbocycles. The molecule has 0 radical (unpaired) electrons. The molecule has 3 rings (SSSR count). The first-order valence-electron chi connectivity index (χ1n) is 9.69. The molecule has 2 aromatic rings. The molecule has 0 saturated carbocycles. The fraction of sp³-hybridized carbons (Fsp3) is 0.400. The molecule has 1 aromatic heterocycles. The maximum atomic E-state index is 13.1. The van der Waals surface area contributed by atoms with E-state index in [1.807, 2.05) is 0 Å². The maximum Gasteiger partial charge on any atom is 0.326 e. The number of nitrogens with zero attached hydrogens (tertiary/aromatic N) is 2. The average molecular weight is 415 g/mol. The van der Waals surface area contributed by atoms with Crippen LogP contribution >= 0.6 is 0 Å². The van der Waals surface area contributed by atoms with Gasteiger partial charge in [-0.25, -0.2) is 9.78 Å². The molecule has 2 amide bonds. The van der Waals surface area contributed by atoms with Crippen molar-refractivity contribution in [2.24, 2.45) is 5.73 Å². The third-order valence-corrected chi connectivity index (χ3v) is 5.14. The van der Waals surface area contributed by atoms with Gasteiger partial charge < -0.3 is 31.1 Å². The van der Waals surface area contributed by atoms with E-state index >= 15 is 0 Å². The van der Waals surface area contributed by atoms with E-state index in [1.165, 1.54) is 23.4 Å². The number of nitrogens with one attached hydrogen (secondary N) is 2. The zero-order valence-electron chi connectivity index (χ0n) is 16.3. The van der Waals surface area contributed by atoms with E-state index in [0.717, 1.165) is 5.56 Å². The Morgan fingerprint density at radius 3 is 2.63 bits per heavy atom. The lowest BCUT2D eigenvalue weighted by Crippen LogP contribution is -2.55. The number of hydrogen-bond acceptors (Lipinski definition) is 6. The number of aromatic hydroxyl groups is 1. The van der Waals surface area contributed by atoms with E-state index in [2.05, 4.69) is 15.3 Å². The van der Waals surface area contributed by atoms with Gasteiger partial charge in [-0.1, -0.05) is 12.1 Å². The molecule has 1 aromatic carbocycles. The molecule has 3 atom stereocenters. The third kappa shape index (κ3) is 5.15. The van der Waals surface area contributed by atoms with Crippen LogP contribution in [0.5, 0.6) is 5.75 Å². The lowest BCUT2D eigenvalue weighted by molar-refractivity contribution is -0.149. The zero-order valence-corrected chi connectivity index (χ0v) is 16.3. The maximum absolute atomic E-state index is 13.1. The number of aliphatic carboxylic acids is 1. The topological polar surface area (TPSA) is 162 Å². The van der Waals surface area contributed by atoms with E-state index in [4.69, 9.17) is 5.73 Å². The fourth-order valence-corrected chi connectivity index (χ4v) is 3.56. The quantitative estimate of drug-likeness (QED) is 0.398. The summed E-state index contributed by atoms with van der Waals surface area (Å²) in [6.07, 6.45) is 4.34. The molecule has 0 bridgehead atoms. The van der Waals surface area contributed by atoms with Crippen molar-refractivity contribution in [1.29, 1.82) is 0 Å². The number of carboxylic acid groups (broad SMARTS) is 1. The summed E-state index contributed by atoms with van der Waals surface area (Å²) in [7, 11) is 0. The summed E-state index contributed by atoms with van der Waals surface area (Å²) in [5.74, 6) is -1.93. The SMILES string of the molecule is N[C@@H](Cc1ccc(O)cc1)C(=O)N[C@@H](Cc1cnc[nH]1)C(=O)N1CCC[C@@H]1C(=O)O. The Hall–Kier alpha value is -3.40. The summed E-state index contributed by atoms with van der Waals surface area (Å²) >= 11 is 0. The molecule has 0 spiro atoms. The third-order valence-electron chi connectivity index (χ3n) is 5.14. The van der Waals surface area contributed by atoms with Gasteiger partial charge in [0.05, 0.1) is 12.4 Å². The second-order valence-electron chi connectivity index (χ2n) is 7.35. The molecule has 2 heterocycles. The summed E-state index contributed by atoms with van der Waals surface area (Å²) < 4.78 is 0. The number of aromatic nitrogens is 2. The predicted molar refractivity (Wildman–Crippen MR) is 106 cm³/mol. The van der Waals surface area contributed by atoms with Gasteiger partial charge in [0.25, 0.3) is 0 Å². The Morgan fingerprint density at radius 2 is 2.00 bits per heavy atom. The number of nitrogens with two attached hydrogens (primary N) is 1. The highest BCUT2D eigenvalue weighted by molar-refractivity contribution is 5.92. The number of likely N-dealkylation sites (tertiary alicyclic amines) is 1. The van der Waals surface area contributed by atoms with E-state index in [0.29, 0.717) is 25.1 Å². The molecule has 10 nitrogen and oxygen atoms in total. The fourth-order valence-electron chi connectivity index (χ4n) is 3.56. The smallest absolute Gasteiger partial charge is 0.326 e. The van der Waals surface area contributed by atoms with E-state index in [9.17, 15) is 24.6 Å². The highest BCUT2D eigenvalue weighted by Crippen LogP contribution is 2.19. The van der Waals surface area contributed by atoms with Crippen LogP contribution in [-0.4, -0.2) is 67.5 Å². The van der Waals surface area contributed by atoms with Crippen molar-refractivity contribution >= 4 is 17.8 Å². The van der Waals surface area contributed by atoms with E-state index < -0.39 is 35.9 Å². The second kappa shape index (κ2) is 9.40. The van der Waals surface area contributed by atoms with Crippen LogP contribution in [0.1, 0.15) is 24.1 Å². The highest BCUT2D eigenvalue weighted by atomic mass is 16.4. The monoisotopic (exact) mass is 415 g/mol. The summed E-state index contributed by atoms with van der Waals surface area (Å²) in [6, 6.07) is 3.55. The number of phenolic OH excluding ortho intramolecular Hbond substituents is 1. The molecule has 160 valence electrons. The highest BCUT2D eigenvalue weighted by Gasteiger charge is 2.38. The minimum Gasteiger partial charge on any atom is -0.508 e. The van der Waals surface area contributed by atoms with Gasteiger partial charge in [-0.3, -0.25) is 9.59 Å². The van der Waals surface area contributed by atoms with Crippen molar-refractivity contribution in [3.05, 3.63) is 48.0 Å². The molecule has 1 fully saturated rings. The summed E-state index contributed by atoms with van der Waals surface area (Å²) in [6.45, 7) is 0.324. The van der Waals surface area contributed by atoms with Gasteiger partial charge in [-0.05, 0) is 37.0 Å². The van der Waals surface area contributed by atoms with Crippen LogP contribution in [0.15, 0.2) is 36.8 Å². The molecule has 10 heteroatoms. The van der Waals surface area contributed by atoms with Gasteiger partial charge in [0.2, 0.25) is 11.8 Å².